The number of benzene rings is 2. The van der Waals surface area contributed by atoms with Gasteiger partial charge in [0.05, 0.1) is 18.3 Å². The molecule has 0 bridgehead atoms. The summed E-state index contributed by atoms with van der Waals surface area (Å²) in [6, 6.07) is 13.0. The van der Waals surface area contributed by atoms with Gasteiger partial charge in [0.25, 0.3) is 5.91 Å². The summed E-state index contributed by atoms with van der Waals surface area (Å²) in [5.41, 5.74) is 2.54. The standard InChI is InChI=1S/C24H25ClN4O4/c1-16(30)28-10-8-27(9-11-28)14-24(31)29-21(17-6-7-22-23(12-17)33-15-32-22)13-20(26-29)18-4-2-3-5-19(18)25/h2-7,12,21H,8-11,13-15H2,1H3. The molecule has 172 valence electrons. The molecule has 3 aliphatic rings. The Kier molecular flexibility index (Phi) is 5.95. The molecule has 1 unspecified atom stereocenters. The maximum absolute atomic E-state index is 13.4. The molecule has 5 rings (SSSR count). The summed E-state index contributed by atoms with van der Waals surface area (Å²) < 4.78 is 11.0. The maximum Gasteiger partial charge on any atom is 0.257 e. The molecule has 0 aromatic heterocycles. The Hall–Kier alpha value is -3.10. The van der Waals surface area contributed by atoms with Crippen LogP contribution >= 0.6 is 11.6 Å². The predicted molar refractivity (Wildman–Crippen MR) is 123 cm³/mol. The number of carbonyl (C=O) groups is 2. The summed E-state index contributed by atoms with van der Waals surface area (Å²) in [7, 11) is 0. The van der Waals surface area contributed by atoms with E-state index in [1.807, 2.05) is 42.5 Å². The number of hydrogen-bond acceptors (Lipinski definition) is 6. The minimum Gasteiger partial charge on any atom is -0.454 e. The van der Waals surface area contributed by atoms with E-state index in [9.17, 15) is 9.59 Å². The van der Waals surface area contributed by atoms with Crippen LogP contribution in [0, 0.1) is 0 Å². The molecule has 9 heteroatoms. The minimum absolute atomic E-state index is 0.0670. The lowest BCUT2D eigenvalue weighted by molar-refractivity contribution is -0.135. The third kappa shape index (κ3) is 4.41. The molecule has 3 heterocycles. The number of hydrazone groups is 1. The second-order valence-electron chi connectivity index (χ2n) is 8.38. The molecule has 0 saturated carbocycles. The van der Waals surface area contributed by atoms with Crippen LogP contribution in [0.25, 0.3) is 0 Å². The van der Waals surface area contributed by atoms with Gasteiger partial charge in [-0.05, 0) is 23.8 Å². The summed E-state index contributed by atoms with van der Waals surface area (Å²) in [5, 5.41) is 6.92. The highest BCUT2D eigenvalue weighted by atomic mass is 35.5. The van der Waals surface area contributed by atoms with Crippen molar-refractivity contribution in [2.24, 2.45) is 5.10 Å². The highest BCUT2D eigenvalue weighted by Gasteiger charge is 2.35. The molecule has 2 aromatic rings. The zero-order valence-corrected chi connectivity index (χ0v) is 19.1. The van der Waals surface area contributed by atoms with Gasteiger partial charge in [-0.2, -0.15) is 5.10 Å². The predicted octanol–water partition coefficient (Wildman–Crippen LogP) is 2.91. The van der Waals surface area contributed by atoms with Gasteiger partial charge in [-0.25, -0.2) is 5.01 Å². The van der Waals surface area contributed by atoms with Gasteiger partial charge in [-0.3, -0.25) is 14.5 Å². The van der Waals surface area contributed by atoms with Crippen LogP contribution in [0.2, 0.25) is 5.02 Å². The molecular formula is C24H25ClN4O4. The van der Waals surface area contributed by atoms with Crippen molar-refractivity contribution in [1.82, 2.24) is 14.8 Å². The molecular weight excluding hydrogens is 444 g/mol. The summed E-state index contributed by atoms with van der Waals surface area (Å²) in [6.45, 7) is 4.59. The van der Waals surface area contributed by atoms with E-state index in [1.165, 1.54) is 0 Å². The van der Waals surface area contributed by atoms with Gasteiger partial charge < -0.3 is 14.4 Å². The summed E-state index contributed by atoms with van der Waals surface area (Å²) in [5.74, 6) is 1.35. The van der Waals surface area contributed by atoms with Crippen LogP contribution < -0.4 is 9.47 Å². The average Bonchev–Trinajstić information content (AvgIpc) is 3.46. The molecule has 2 aromatic carbocycles. The zero-order chi connectivity index (χ0) is 22.9. The van der Waals surface area contributed by atoms with E-state index in [0.717, 1.165) is 16.8 Å². The second kappa shape index (κ2) is 9.03. The number of fused-ring (bicyclic) bond motifs is 1. The van der Waals surface area contributed by atoms with Crippen LogP contribution in [0.3, 0.4) is 0 Å². The zero-order valence-electron chi connectivity index (χ0n) is 18.4. The number of halogens is 1. The number of piperazine rings is 1. The van der Waals surface area contributed by atoms with Gasteiger partial charge in [-0.1, -0.05) is 35.9 Å². The van der Waals surface area contributed by atoms with Gasteiger partial charge in [0.1, 0.15) is 0 Å². The SMILES string of the molecule is CC(=O)N1CCN(CC(=O)N2N=C(c3ccccc3Cl)CC2c2ccc3c(c2)OCO3)CC1. The number of carbonyl (C=O) groups excluding carboxylic acids is 2. The topological polar surface area (TPSA) is 74.7 Å². The smallest absolute Gasteiger partial charge is 0.257 e. The number of nitrogens with zero attached hydrogens (tertiary/aromatic N) is 4. The molecule has 0 N–H and O–H groups in total. The molecule has 1 saturated heterocycles. The lowest BCUT2D eigenvalue weighted by Gasteiger charge is -2.34. The van der Waals surface area contributed by atoms with Crippen LogP contribution in [0.1, 0.15) is 30.5 Å². The van der Waals surface area contributed by atoms with Crippen molar-refractivity contribution in [3.8, 4) is 11.5 Å². The van der Waals surface area contributed by atoms with Crippen molar-refractivity contribution in [2.75, 3.05) is 39.5 Å². The van der Waals surface area contributed by atoms with Crippen LogP contribution in [-0.4, -0.2) is 71.9 Å². The first-order valence-corrected chi connectivity index (χ1v) is 11.4. The molecule has 1 atom stereocenters. The number of hydrogen-bond donors (Lipinski definition) is 0. The normalized spacial score (nSPS) is 20.2. The van der Waals surface area contributed by atoms with E-state index in [0.29, 0.717) is 49.1 Å². The van der Waals surface area contributed by atoms with E-state index in [4.69, 9.17) is 26.2 Å². The molecule has 2 amide bonds. The third-order valence-electron chi connectivity index (χ3n) is 6.31. The molecule has 3 aliphatic heterocycles. The fourth-order valence-electron chi connectivity index (χ4n) is 4.46. The Labute approximate surface area is 197 Å². The first-order valence-electron chi connectivity index (χ1n) is 11.0. The Morgan fingerprint density at radius 2 is 1.82 bits per heavy atom. The fourth-order valence-corrected chi connectivity index (χ4v) is 4.71. The Morgan fingerprint density at radius 3 is 2.58 bits per heavy atom. The van der Waals surface area contributed by atoms with E-state index in [-0.39, 0.29) is 31.2 Å². The highest BCUT2D eigenvalue weighted by molar-refractivity contribution is 6.34. The Balaban J connectivity index is 1.39. The van der Waals surface area contributed by atoms with E-state index in [1.54, 1.807) is 16.8 Å². The van der Waals surface area contributed by atoms with Crippen LogP contribution in [0.5, 0.6) is 11.5 Å². The lowest BCUT2D eigenvalue weighted by Crippen LogP contribution is -2.50. The molecule has 0 aliphatic carbocycles. The summed E-state index contributed by atoms with van der Waals surface area (Å²) in [6.07, 6.45) is 0.549. The maximum atomic E-state index is 13.4. The van der Waals surface area contributed by atoms with Gasteiger partial charge in [0.15, 0.2) is 11.5 Å². The second-order valence-corrected chi connectivity index (χ2v) is 8.79. The van der Waals surface area contributed by atoms with Crippen molar-refractivity contribution >= 4 is 29.1 Å². The average molecular weight is 469 g/mol. The molecule has 0 spiro atoms. The van der Waals surface area contributed by atoms with Crippen molar-refractivity contribution in [2.45, 2.75) is 19.4 Å². The van der Waals surface area contributed by atoms with E-state index >= 15 is 0 Å². The van der Waals surface area contributed by atoms with Crippen LogP contribution in [-0.2, 0) is 9.59 Å². The fraction of sp³-hybridized carbons (Fsp3) is 0.375. The van der Waals surface area contributed by atoms with Crippen molar-refractivity contribution in [3.63, 3.8) is 0 Å². The largest absolute Gasteiger partial charge is 0.454 e. The molecule has 0 radical (unpaired) electrons. The first-order chi connectivity index (χ1) is 16.0. The monoisotopic (exact) mass is 468 g/mol. The number of ether oxygens (including phenoxy) is 2. The quantitative estimate of drug-likeness (QED) is 0.689. The molecule has 8 nitrogen and oxygen atoms in total. The summed E-state index contributed by atoms with van der Waals surface area (Å²) >= 11 is 6.44. The lowest BCUT2D eigenvalue weighted by atomic mass is 9.98. The van der Waals surface area contributed by atoms with Gasteiger partial charge in [0.2, 0.25) is 12.7 Å². The first kappa shape index (κ1) is 21.7. The highest BCUT2D eigenvalue weighted by Crippen LogP contribution is 2.39. The van der Waals surface area contributed by atoms with E-state index < -0.39 is 0 Å². The van der Waals surface area contributed by atoms with Gasteiger partial charge >= 0.3 is 0 Å². The van der Waals surface area contributed by atoms with Crippen molar-refractivity contribution in [3.05, 3.63) is 58.6 Å². The number of amides is 2. The van der Waals surface area contributed by atoms with Gasteiger partial charge in [0, 0.05) is 50.1 Å². The van der Waals surface area contributed by atoms with Gasteiger partial charge in [-0.15, -0.1) is 0 Å². The van der Waals surface area contributed by atoms with Crippen molar-refractivity contribution < 1.29 is 19.1 Å². The van der Waals surface area contributed by atoms with E-state index in [2.05, 4.69) is 4.90 Å². The third-order valence-corrected chi connectivity index (χ3v) is 6.64. The van der Waals surface area contributed by atoms with Crippen LogP contribution in [0.15, 0.2) is 47.6 Å². The molecule has 1 fully saturated rings. The Bertz CT molecular complexity index is 1110. The molecule has 33 heavy (non-hydrogen) atoms. The minimum atomic E-state index is -0.267. The summed E-state index contributed by atoms with van der Waals surface area (Å²) in [4.78, 5) is 28.9. The number of rotatable bonds is 4. The van der Waals surface area contributed by atoms with Crippen molar-refractivity contribution in [1.29, 1.82) is 0 Å². The Morgan fingerprint density at radius 1 is 1.06 bits per heavy atom. The van der Waals surface area contributed by atoms with Crippen LogP contribution in [0.4, 0.5) is 0 Å².